The van der Waals surface area contributed by atoms with Gasteiger partial charge in [0, 0.05) is 17.3 Å². The minimum atomic E-state index is -3.74. The van der Waals surface area contributed by atoms with Crippen molar-refractivity contribution < 1.29 is 22.7 Å². The van der Waals surface area contributed by atoms with Crippen molar-refractivity contribution in [2.45, 2.75) is 37.2 Å². The number of aryl methyl sites for hydroxylation is 1. The van der Waals surface area contributed by atoms with Gasteiger partial charge in [0.15, 0.2) is 5.60 Å². The van der Waals surface area contributed by atoms with E-state index >= 15 is 0 Å². The van der Waals surface area contributed by atoms with Gasteiger partial charge in [-0.3, -0.25) is 9.10 Å². The third kappa shape index (κ3) is 5.39. The van der Waals surface area contributed by atoms with Crippen molar-refractivity contribution in [3.05, 3.63) is 77.3 Å². The lowest BCUT2D eigenvalue weighted by molar-refractivity contribution is -0.128. The molecule has 0 saturated heterocycles. The molecular weight excluding hydrogens is 488 g/mol. The summed E-state index contributed by atoms with van der Waals surface area (Å²) < 4.78 is 39.1. The second-order valence-corrected chi connectivity index (χ2v) is 11.0. The predicted octanol–water partition coefficient (Wildman–Crippen LogP) is 5.29. The molecule has 1 amide bonds. The number of benzene rings is 3. The normalized spacial score (nSPS) is 13.7. The fourth-order valence-electron chi connectivity index (χ4n) is 3.89. The van der Waals surface area contributed by atoms with E-state index in [2.05, 4.69) is 5.32 Å². The van der Waals surface area contributed by atoms with E-state index in [1.54, 1.807) is 74.5 Å². The van der Waals surface area contributed by atoms with Crippen LogP contribution in [0, 0.1) is 0 Å². The fraction of sp³-hybridized carbons (Fsp3) is 0.269. The van der Waals surface area contributed by atoms with Gasteiger partial charge in [-0.2, -0.15) is 0 Å². The molecule has 0 fully saturated rings. The molecule has 35 heavy (non-hydrogen) atoms. The Labute approximate surface area is 210 Å². The van der Waals surface area contributed by atoms with Crippen molar-refractivity contribution in [2.24, 2.45) is 0 Å². The first kappa shape index (κ1) is 24.9. The zero-order valence-electron chi connectivity index (χ0n) is 19.7. The standard InChI is InChI=1S/C26H27ClN2O5S/c1-26(2,34-22-9-6-19(27)7-10-22)25(30)28-20-8-15-24-18(17-20)5-4-16-29(24)35(31,32)23-13-11-21(33-3)12-14-23/h6-15,17H,4-5,16H2,1-3H3,(H,28,30). The van der Waals surface area contributed by atoms with Crippen molar-refractivity contribution in [1.29, 1.82) is 0 Å². The lowest BCUT2D eigenvalue weighted by Gasteiger charge is -2.31. The van der Waals surface area contributed by atoms with Crippen LogP contribution < -0.4 is 19.1 Å². The summed E-state index contributed by atoms with van der Waals surface area (Å²) in [5, 5.41) is 3.47. The zero-order chi connectivity index (χ0) is 25.2. The molecule has 0 spiro atoms. The van der Waals surface area contributed by atoms with Crippen LogP contribution in [0.25, 0.3) is 0 Å². The highest BCUT2D eigenvalue weighted by Crippen LogP contribution is 2.34. The first-order valence-corrected chi connectivity index (χ1v) is 13.0. The number of fused-ring (bicyclic) bond motifs is 1. The molecule has 0 aliphatic carbocycles. The number of amides is 1. The molecule has 1 N–H and O–H groups in total. The Kier molecular flexibility index (Phi) is 6.96. The minimum Gasteiger partial charge on any atom is -0.497 e. The van der Waals surface area contributed by atoms with Gasteiger partial charge in [-0.25, -0.2) is 8.42 Å². The Morgan fingerprint density at radius 2 is 1.66 bits per heavy atom. The summed E-state index contributed by atoms with van der Waals surface area (Å²) in [6, 6.07) is 18.4. The number of nitrogens with one attached hydrogen (secondary N) is 1. The largest absolute Gasteiger partial charge is 0.497 e. The van der Waals surface area contributed by atoms with Gasteiger partial charge in [0.25, 0.3) is 15.9 Å². The van der Waals surface area contributed by atoms with E-state index < -0.39 is 15.6 Å². The van der Waals surface area contributed by atoms with Crippen LogP contribution in [0.4, 0.5) is 11.4 Å². The van der Waals surface area contributed by atoms with Crippen LogP contribution in [0.15, 0.2) is 71.6 Å². The summed E-state index contributed by atoms with van der Waals surface area (Å²) >= 11 is 5.92. The van der Waals surface area contributed by atoms with Crippen molar-refractivity contribution in [3.8, 4) is 11.5 Å². The maximum atomic E-state index is 13.3. The molecule has 0 saturated carbocycles. The van der Waals surface area contributed by atoms with Crippen LogP contribution >= 0.6 is 11.6 Å². The van der Waals surface area contributed by atoms with Crippen LogP contribution in [0.1, 0.15) is 25.8 Å². The van der Waals surface area contributed by atoms with Gasteiger partial charge in [0.05, 0.1) is 17.7 Å². The highest BCUT2D eigenvalue weighted by molar-refractivity contribution is 7.92. The Morgan fingerprint density at radius 3 is 2.31 bits per heavy atom. The molecule has 7 nitrogen and oxygen atoms in total. The molecule has 1 aliphatic heterocycles. The smallest absolute Gasteiger partial charge is 0.267 e. The van der Waals surface area contributed by atoms with Crippen LogP contribution in [0.5, 0.6) is 11.5 Å². The molecule has 1 heterocycles. The van der Waals surface area contributed by atoms with Crippen molar-refractivity contribution in [1.82, 2.24) is 0 Å². The van der Waals surface area contributed by atoms with Crippen LogP contribution in [0.3, 0.4) is 0 Å². The van der Waals surface area contributed by atoms with E-state index in [0.29, 0.717) is 47.3 Å². The quantitative estimate of drug-likeness (QED) is 0.463. The summed E-state index contributed by atoms with van der Waals surface area (Å²) in [5.41, 5.74) is 0.891. The average Bonchev–Trinajstić information content (AvgIpc) is 2.84. The van der Waals surface area contributed by atoms with Crippen molar-refractivity contribution in [2.75, 3.05) is 23.3 Å². The summed E-state index contributed by atoms with van der Waals surface area (Å²) in [4.78, 5) is 13.2. The number of ether oxygens (including phenoxy) is 2. The van der Waals surface area contributed by atoms with Gasteiger partial charge in [0.2, 0.25) is 0 Å². The summed E-state index contributed by atoms with van der Waals surface area (Å²) in [7, 11) is -2.20. The highest BCUT2D eigenvalue weighted by Gasteiger charge is 2.32. The predicted molar refractivity (Wildman–Crippen MR) is 137 cm³/mol. The van der Waals surface area contributed by atoms with Crippen molar-refractivity contribution >= 4 is 38.9 Å². The van der Waals surface area contributed by atoms with Crippen LogP contribution in [-0.4, -0.2) is 33.6 Å². The first-order chi connectivity index (χ1) is 16.6. The number of methoxy groups -OCH3 is 1. The summed E-state index contributed by atoms with van der Waals surface area (Å²) in [6.45, 7) is 3.74. The van der Waals surface area contributed by atoms with Gasteiger partial charge >= 0.3 is 0 Å². The molecule has 0 atom stereocenters. The van der Waals surface area contributed by atoms with E-state index in [1.807, 2.05) is 6.07 Å². The van der Waals surface area contributed by atoms with E-state index in [-0.39, 0.29) is 10.8 Å². The number of rotatable bonds is 7. The monoisotopic (exact) mass is 514 g/mol. The van der Waals surface area contributed by atoms with Crippen LogP contribution in [-0.2, 0) is 21.2 Å². The Hall–Kier alpha value is -3.23. The second-order valence-electron chi connectivity index (χ2n) is 8.72. The molecule has 9 heteroatoms. The Bertz CT molecular complexity index is 1320. The Balaban J connectivity index is 1.53. The average molecular weight is 515 g/mol. The summed E-state index contributed by atoms with van der Waals surface area (Å²) in [6.07, 6.45) is 1.38. The number of anilines is 2. The van der Waals surface area contributed by atoms with Gasteiger partial charge in [-0.15, -0.1) is 0 Å². The zero-order valence-corrected chi connectivity index (χ0v) is 21.3. The molecule has 1 aliphatic rings. The number of nitrogens with zero attached hydrogens (tertiary/aromatic N) is 1. The number of carbonyl (C=O) groups is 1. The molecule has 184 valence electrons. The number of halogens is 1. The molecule has 3 aromatic rings. The Morgan fingerprint density at radius 1 is 1.00 bits per heavy atom. The number of hydrogen-bond donors (Lipinski definition) is 1. The molecule has 3 aromatic carbocycles. The van der Waals surface area contributed by atoms with E-state index in [4.69, 9.17) is 21.1 Å². The van der Waals surface area contributed by atoms with E-state index in [1.165, 1.54) is 11.4 Å². The maximum Gasteiger partial charge on any atom is 0.267 e. The number of carbonyl (C=O) groups excluding carboxylic acids is 1. The highest BCUT2D eigenvalue weighted by atomic mass is 35.5. The van der Waals surface area contributed by atoms with Crippen LogP contribution in [0.2, 0.25) is 5.02 Å². The maximum absolute atomic E-state index is 13.3. The van der Waals surface area contributed by atoms with Gasteiger partial charge in [-0.05, 0) is 99.0 Å². The third-order valence-electron chi connectivity index (χ3n) is 5.79. The first-order valence-electron chi connectivity index (χ1n) is 11.2. The van der Waals surface area contributed by atoms with E-state index in [9.17, 15) is 13.2 Å². The number of sulfonamides is 1. The molecule has 4 rings (SSSR count). The summed E-state index contributed by atoms with van der Waals surface area (Å²) in [5.74, 6) is 0.789. The lowest BCUT2D eigenvalue weighted by atomic mass is 10.0. The van der Waals surface area contributed by atoms with Gasteiger partial charge < -0.3 is 14.8 Å². The molecule has 0 aromatic heterocycles. The van der Waals surface area contributed by atoms with Gasteiger partial charge in [-0.1, -0.05) is 11.6 Å². The minimum absolute atomic E-state index is 0.199. The molecular formula is C26H27ClN2O5S. The van der Waals surface area contributed by atoms with E-state index in [0.717, 1.165) is 5.56 Å². The molecule has 0 unspecified atom stereocenters. The third-order valence-corrected chi connectivity index (χ3v) is 7.87. The molecule has 0 radical (unpaired) electrons. The van der Waals surface area contributed by atoms with Crippen molar-refractivity contribution in [3.63, 3.8) is 0 Å². The lowest BCUT2D eigenvalue weighted by Crippen LogP contribution is -2.42. The number of hydrogen-bond acceptors (Lipinski definition) is 5. The second kappa shape index (κ2) is 9.79. The SMILES string of the molecule is COc1ccc(S(=O)(=O)N2CCCc3cc(NC(=O)C(C)(C)Oc4ccc(Cl)cc4)ccc32)cc1. The van der Waals surface area contributed by atoms with Gasteiger partial charge in [0.1, 0.15) is 11.5 Å². The fourth-order valence-corrected chi connectivity index (χ4v) is 5.56. The topological polar surface area (TPSA) is 84.9 Å². The molecule has 0 bridgehead atoms.